The molecule has 4 nitrogen and oxygen atoms in total. The van der Waals surface area contributed by atoms with Gasteiger partial charge >= 0.3 is 7.12 Å². The summed E-state index contributed by atoms with van der Waals surface area (Å²) in [5.74, 6) is -0.0897. The number of nitrogens with zero attached hydrogens (tertiary/aromatic N) is 1. The molecule has 18 heavy (non-hydrogen) atoms. The molecule has 0 amide bonds. The zero-order valence-electron chi connectivity index (χ0n) is 11.4. The summed E-state index contributed by atoms with van der Waals surface area (Å²) in [7, 11) is 0.976. The van der Waals surface area contributed by atoms with Gasteiger partial charge in [-0.05, 0) is 33.8 Å². The maximum absolute atomic E-state index is 13.9. The summed E-state index contributed by atoms with van der Waals surface area (Å²) < 4.78 is 25.4. The van der Waals surface area contributed by atoms with Crippen LogP contribution < -0.4 is 10.8 Å². The number of nitrogens with one attached hydrogen (secondary N) is 1. The molecule has 0 saturated carbocycles. The van der Waals surface area contributed by atoms with Crippen LogP contribution in [0, 0.1) is 5.95 Å². The van der Waals surface area contributed by atoms with E-state index in [9.17, 15) is 4.39 Å². The molecule has 1 saturated heterocycles. The van der Waals surface area contributed by atoms with Crippen LogP contribution in [-0.2, 0) is 9.31 Å². The molecule has 0 unspecified atom stereocenters. The van der Waals surface area contributed by atoms with Crippen molar-refractivity contribution in [2.24, 2.45) is 0 Å². The molecule has 2 rings (SSSR count). The van der Waals surface area contributed by atoms with E-state index in [1.165, 1.54) is 0 Å². The van der Waals surface area contributed by atoms with Crippen molar-refractivity contribution in [3.8, 4) is 0 Å². The molecule has 0 bridgehead atoms. The van der Waals surface area contributed by atoms with Gasteiger partial charge in [-0.15, -0.1) is 0 Å². The summed E-state index contributed by atoms with van der Waals surface area (Å²) >= 11 is 0. The smallest absolute Gasteiger partial charge is 0.399 e. The van der Waals surface area contributed by atoms with E-state index in [4.69, 9.17) is 9.31 Å². The highest BCUT2D eigenvalue weighted by Gasteiger charge is 2.52. The summed E-state index contributed by atoms with van der Waals surface area (Å²) in [6.07, 6.45) is 0. The van der Waals surface area contributed by atoms with Crippen LogP contribution in [0.15, 0.2) is 12.1 Å². The monoisotopic (exact) mass is 252 g/mol. The maximum Gasteiger partial charge on any atom is 0.499 e. The van der Waals surface area contributed by atoms with Gasteiger partial charge in [0.2, 0.25) is 5.95 Å². The minimum Gasteiger partial charge on any atom is -0.399 e. The Morgan fingerprint density at radius 2 is 1.72 bits per heavy atom. The molecule has 98 valence electrons. The van der Waals surface area contributed by atoms with Gasteiger partial charge in [-0.25, -0.2) is 4.98 Å². The molecule has 1 aromatic heterocycles. The third-order valence-electron chi connectivity index (χ3n) is 3.64. The fourth-order valence-electron chi connectivity index (χ4n) is 1.73. The van der Waals surface area contributed by atoms with Crippen molar-refractivity contribution in [2.45, 2.75) is 38.9 Å². The van der Waals surface area contributed by atoms with Crippen molar-refractivity contribution in [1.82, 2.24) is 4.98 Å². The zero-order chi connectivity index (χ0) is 13.6. The van der Waals surface area contributed by atoms with Crippen LogP contribution in [0.4, 0.5) is 10.2 Å². The SMILES string of the molecule is CNc1ccc(B2OC(C)(C)C(C)(C)O2)c(F)n1. The highest BCUT2D eigenvalue weighted by molar-refractivity contribution is 6.62. The molecule has 1 aliphatic heterocycles. The Morgan fingerprint density at radius 1 is 1.17 bits per heavy atom. The molecular formula is C12H18BFN2O2. The Bertz CT molecular complexity index is 449. The Labute approximate surface area is 107 Å². The standard InChI is InChI=1S/C12H18BFN2O2/c1-11(2)12(3,4)18-13(17-11)8-6-7-9(15-5)16-10(8)14/h6-7H,1-5H3,(H,15,16). The highest BCUT2D eigenvalue weighted by Crippen LogP contribution is 2.36. The molecule has 0 aromatic carbocycles. The van der Waals surface area contributed by atoms with Crippen LogP contribution in [0.1, 0.15) is 27.7 Å². The maximum atomic E-state index is 13.9. The predicted molar refractivity (Wildman–Crippen MR) is 69.5 cm³/mol. The van der Waals surface area contributed by atoms with Gasteiger partial charge in [0, 0.05) is 12.5 Å². The number of halogens is 1. The first-order valence-corrected chi connectivity index (χ1v) is 5.97. The van der Waals surface area contributed by atoms with Crippen molar-refractivity contribution >= 4 is 18.4 Å². The Hall–Kier alpha value is -1.14. The molecule has 1 aromatic rings. The van der Waals surface area contributed by atoms with Crippen molar-refractivity contribution < 1.29 is 13.7 Å². The Balaban J connectivity index is 2.30. The average molecular weight is 252 g/mol. The normalized spacial score (nSPS) is 21.1. The summed E-state index contributed by atoms with van der Waals surface area (Å²) in [6, 6.07) is 3.33. The molecule has 1 N–H and O–H groups in total. The second kappa shape index (κ2) is 4.21. The molecule has 1 fully saturated rings. The van der Waals surface area contributed by atoms with Gasteiger partial charge in [-0.1, -0.05) is 6.07 Å². The van der Waals surface area contributed by atoms with E-state index in [1.807, 2.05) is 27.7 Å². The lowest BCUT2D eigenvalue weighted by Crippen LogP contribution is -2.41. The lowest BCUT2D eigenvalue weighted by atomic mass is 9.80. The van der Waals surface area contributed by atoms with Gasteiger partial charge < -0.3 is 14.6 Å². The number of rotatable bonds is 2. The second-order valence-corrected chi connectivity index (χ2v) is 5.41. The summed E-state index contributed by atoms with van der Waals surface area (Å²) in [5.41, 5.74) is -0.634. The largest absolute Gasteiger partial charge is 0.499 e. The lowest BCUT2D eigenvalue weighted by Gasteiger charge is -2.32. The first-order valence-electron chi connectivity index (χ1n) is 5.97. The van der Waals surface area contributed by atoms with Gasteiger partial charge in [-0.3, -0.25) is 0 Å². The van der Waals surface area contributed by atoms with Crippen LogP contribution in [-0.4, -0.2) is 30.4 Å². The Morgan fingerprint density at radius 3 is 2.17 bits per heavy atom. The molecule has 0 spiro atoms. The van der Waals surface area contributed by atoms with Gasteiger partial charge in [0.05, 0.1) is 11.2 Å². The topological polar surface area (TPSA) is 43.4 Å². The van der Waals surface area contributed by atoms with E-state index in [-0.39, 0.29) is 0 Å². The molecule has 2 heterocycles. The quantitative estimate of drug-likeness (QED) is 0.640. The van der Waals surface area contributed by atoms with Crippen molar-refractivity contribution in [3.63, 3.8) is 0 Å². The first kappa shape index (κ1) is 13.3. The molecule has 0 aliphatic carbocycles. The summed E-state index contributed by atoms with van der Waals surface area (Å²) in [5, 5.41) is 2.79. The Kier molecular flexibility index (Phi) is 3.11. The van der Waals surface area contributed by atoms with Crippen molar-refractivity contribution in [1.29, 1.82) is 0 Å². The summed E-state index contributed by atoms with van der Waals surface area (Å²) in [4.78, 5) is 3.79. The van der Waals surface area contributed by atoms with Crippen LogP contribution in [0.2, 0.25) is 0 Å². The van der Waals surface area contributed by atoms with Gasteiger partial charge in [0.15, 0.2) is 0 Å². The van der Waals surface area contributed by atoms with Crippen LogP contribution in [0.25, 0.3) is 0 Å². The highest BCUT2D eigenvalue weighted by atomic mass is 19.1. The van der Waals surface area contributed by atoms with Gasteiger partial charge in [0.1, 0.15) is 5.82 Å². The van der Waals surface area contributed by atoms with Crippen LogP contribution in [0.3, 0.4) is 0 Å². The molecule has 6 heteroatoms. The first-order chi connectivity index (χ1) is 8.27. The fourth-order valence-corrected chi connectivity index (χ4v) is 1.73. The lowest BCUT2D eigenvalue weighted by molar-refractivity contribution is 0.00578. The predicted octanol–water partition coefficient (Wildman–Crippen LogP) is 1.56. The summed E-state index contributed by atoms with van der Waals surface area (Å²) in [6.45, 7) is 7.72. The van der Waals surface area contributed by atoms with Crippen LogP contribution in [0.5, 0.6) is 0 Å². The number of aromatic nitrogens is 1. The average Bonchev–Trinajstić information content (AvgIpc) is 2.47. The molecular weight excluding hydrogens is 234 g/mol. The number of anilines is 1. The third-order valence-corrected chi connectivity index (χ3v) is 3.64. The van der Waals surface area contributed by atoms with E-state index < -0.39 is 24.3 Å². The second-order valence-electron chi connectivity index (χ2n) is 5.41. The number of pyridine rings is 1. The van der Waals surface area contributed by atoms with Gasteiger partial charge in [-0.2, -0.15) is 4.39 Å². The van der Waals surface area contributed by atoms with Crippen molar-refractivity contribution in [2.75, 3.05) is 12.4 Å². The number of hydrogen-bond acceptors (Lipinski definition) is 4. The van der Waals surface area contributed by atoms with E-state index in [2.05, 4.69) is 10.3 Å². The van der Waals surface area contributed by atoms with Crippen molar-refractivity contribution in [3.05, 3.63) is 18.1 Å². The van der Waals surface area contributed by atoms with Crippen LogP contribution >= 0.6 is 0 Å². The molecule has 0 atom stereocenters. The molecule has 0 radical (unpaired) electrons. The van der Waals surface area contributed by atoms with E-state index in [1.54, 1.807) is 19.2 Å². The minimum absolute atomic E-state index is 0.327. The third kappa shape index (κ3) is 2.10. The number of hydrogen-bond donors (Lipinski definition) is 1. The van der Waals surface area contributed by atoms with E-state index in [0.717, 1.165) is 0 Å². The zero-order valence-corrected chi connectivity index (χ0v) is 11.4. The van der Waals surface area contributed by atoms with E-state index >= 15 is 0 Å². The van der Waals surface area contributed by atoms with E-state index in [0.29, 0.717) is 11.3 Å². The minimum atomic E-state index is -0.714. The fraction of sp³-hybridized carbons (Fsp3) is 0.583. The van der Waals surface area contributed by atoms with Gasteiger partial charge in [0.25, 0.3) is 0 Å². The molecule has 1 aliphatic rings.